The highest BCUT2D eigenvalue weighted by Gasteiger charge is 2.33. The minimum absolute atomic E-state index is 0.0196. The molecule has 0 bridgehead atoms. The number of thiocarbonyl (C=S) groups is 1. The number of hydrogen-bond donors (Lipinski definition) is 1. The Morgan fingerprint density at radius 2 is 1.86 bits per heavy atom. The van der Waals surface area contributed by atoms with Crippen molar-refractivity contribution in [2.45, 2.75) is 6.36 Å². The number of anilines is 1. The van der Waals surface area contributed by atoms with Crippen LogP contribution >= 0.6 is 12.2 Å². The van der Waals surface area contributed by atoms with Crippen molar-refractivity contribution in [1.29, 1.82) is 0 Å². The van der Waals surface area contributed by atoms with Crippen LogP contribution in [0.1, 0.15) is 5.56 Å². The Kier molecular flexibility index (Phi) is 5.01. The number of carbonyl (C=O) groups is 1. The number of halogens is 3. The number of amides is 1. The number of nitro groups is 1. The second-order valence-electron chi connectivity index (χ2n) is 5.52. The van der Waals surface area contributed by atoms with E-state index in [2.05, 4.69) is 10.1 Å². The molecular formula is C17H10F3N3O4S. The lowest BCUT2D eigenvalue weighted by molar-refractivity contribution is -0.384. The predicted molar refractivity (Wildman–Crippen MR) is 97.4 cm³/mol. The van der Waals surface area contributed by atoms with Gasteiger partial charge in [0.2, 0.25) is 0 Å². The van der Waals surface area contributed by atoms with Gasteiger partial charge < -0.3 is 10.1 Å². The third-order valence-electron chi connectivity index (χ3n) is 3.60. The average molecular weight is 409 g/mol. The summed E-state index contributed by atoms with van der Waals surface area (Å²) in [5.41, 5.74) is 0.573. The topological polar surface area (TPSA) is 84.7 Å². The molecule has 0 aliphatic carbocycles. The first-order chi connectivity index (χ1) is 13.1. The van der Waals surface area contributed by atoms with Gasteiger partial charge >= 0.3 is 6.36 Å². The highest BCUT2D eigenvalue weighted by Crippen LogP contribution is 2.28. The number of nitrogens with one attached hydrogen (secondary N) is 1. The van der Waals surface area contributed by atoms with Crippen LogP contribution in [0.3, 0.4) is 0 Å². The molecule has 2 aromatic rings. The number of benzene rings is 2. The molecule has 1 heterocycles. The van der Waals surface area contributed by atoms with Crippen molar-refractivity contribution in [3.8, 4) is 5.75 Å². The second kappa shape index (κ2) is 7.27. The number of alkyl halides is 3. The largest absolute Gasteiger partial charge is 0.573 e. The van der Waals surface area contributed by atoms with Crippen LogP contribution in [0, 0.1) is 10.1 Å². The molecule has 2 aromatic carbocycles. The Bertz CT molecular complexity index is 990. The summed E-state index contributed by atoms with van der Waals surface area (Å²) in [4.78, 5) is 24.0. The van der Waals surface area contributed by atoms with E-state index < -0.39 is 22.9 Å². The monoisotopic (exact) mass is 409 g/mol. The molecule has 0 aromatic heterocycles. The van der Waals surface area contributed by atoms with Crippen LogP contribution in [0.2, 0.25) is 0 Å². The van der Waals surface area contributed by atoms with Gasteiger partial charge in [0.05, 0.1) is 10.6 Å². The maximum absolute atomic E-state index is 12.6. The molecule has 1 N–H and O–H groups in total. The fourth-order valence-electron chi connectivity index (χ4n) is 2.46. The van der Waals surface area contributed by atoms with Crippen molar-refractivity contribution < 1.29 is 27.6 Å². The number of rotatable bonds is 4. The second-order valence-corrected chi connectivity index (χ2v) is 5.91. The zero-order chi connectivity index (χ0) is 20.5. The summed E-state index contributed by atoms with van der Waals surface area (Å²) < 4.78 is 40.5. The van der Waals surface area contributed by atoms with E-state index in [0.717, 1.165) is 17.0 Å². The highest BCUT2D eigenvalue weighted by atomic mass is 32.1. The molecule has 1 aliphatic rings. The number of nitro benzene ring substituents is 1. The summed E-state index contributed by atoms with van der Waals surface area (Å²) in [6.07, 6.45) is -3.43. The molecule has 1 aliphatic heterocycles. The van der Waals surface area contributed by atoms with Gasteiger partial charge in [-0.15, -0.1) is 13.2 Å². The summed E-state index contributed by atoms with van der Waals surface area (Å²) in [5, 5.41) is 13.6. The molecular weight excluding hydrogens is 399 g/mol. The van der Waals surface area contributed by atoms with Gasteiger partial charge in [0.1, 0.15) is 11.4 Å². The summed E-state index contributed by atoms with van der Waals surface area (Å²) in [6, 6.07) is 10.3. The van der Waals surface area contributed by atoms with Gasteiger partial charge in [-0.1, -0.05) is 12.1 Å². The number of non-ortho nitro benzene ring substituents is 1. The molecule has 0 atom stereocenters. The van der Waals surface area contributed by atoms with E-state index in [4.69, 9.17) is 12.2 Å². The third-order valence-corrected chi connectivity index (χ3v) is 3.88. The van der Waals surface area contributed by atoms with Crippen LogP contribution in [0.4, 0.5) is 24.5 Å². The van der Waals surface area contributed by atoms with E-state index in [9.17, 15) is 28.1 Å². The SMILES string of the molecule is O=C1/C(=C/c2cccc([N+](=O)[O-])c2)NC(=S)N1c1ccc(OC(F)(F)F)cc1. The van der Waals surface area contributed by atoms with Crippen molar-refractivity contribution in [1.82, 2.24) is 5.32 Å². The minimum Gasteiger partial charge on any atom is -0.406 e. The van der Waals surface area contributed by atoms with Gasteiger partial charge in [0.15, 0.2) is 5.11 Å². The van der Waals surface area contributed by atoms with Crippen molar-refractivity contribution in [2.24, 2.45) is 0 Å². The molecule has 1 saturated heterocycles. The Labute approximate surface area is 161 Å². The molecule has 1 amide bonds. The first kappa shape index (κ1) is 19.3. The van der Waals surface area contributed by atoms with Crippen LogP contribution in [0.5, 0.6) is 5.75 Å². The molecule has 0 unspecified atom stereocenters. The number of nitrogens with zero attached hydrogens (tertiary/aromatic N) is 2. The van der Waals surface area contributed by atoms with Gasteiger partial charge in [-0.05, 0) is 48.1 Å². The average Bonchev–Trinajstić information content (AvgIpc) is 2.88. The van der Waals surface area contributed by atoms with Crippen molar-refractivity contribution in [2.75, 3.05) is 4.90 Å². The normalized spacial score (nSPS) is 15.7. The lowest BCUT2D eigenvalue weighted by Crippen LogP contribution is -2.30. The molecule has 0 saturated carbocycles. The standard InChI is InChI=1S/C17H10F3N3O4S/c18-17(19,20)27-13-6-4-11(5-7-13)22-15(24)14(21-16(22)28)9-10-2-1-3-12(8-10)23(25)26/h1-9H,(H,21,28)/b14-9-. The summed E-state index contributed by atoms with van der Waals surface area (Å²) in [6.45, 7) is 0. The molecule has 1 fully saturated rings. The van der Waals surface area contributed by atoms with Crippen molar-refractivity contribution in [3.63, 3.8) is 0 Å². The fraction of sp³-hybridized carbons (Fsp3) is 0.0588. The van der Waals surface area contributed by atoms with Gasteiger partial charge in [-0.3, -0.25) is 19.8 Å². The Morgan fingerprint density at radius 3 is 2.46 bits per heavy atom. The van der Waals surface area contributed by atoms with Gasteiger partial charge in [0.25, 0.3) is 11.6 Å². The Morgan fingerprint density at radius 1 is 1.18 bits per heavy atom. The van der Waals surface area contributed by atoms with Crippen LogP contribution in [0.25, 0.3) is 6.08 Å². The molecule has 7 nitrogen and oxygen atoms in total. The maximum atomic E-state index is 12.6. The van der Waals surface area contributed by atoms with E-state index in [1.807, 2.05) is 0 Å². The molecule has 0 radical (unpaired) electrons. The van der Waals surface area contributed by atoms with Crippen molar-refractivity contribution in [3.05, 3.63) is 69.9 Å². The zero-order valence-corrected chi connectivity index (χ0v) is 14.6. The van der Waals surface area contributed by atoms with Crippen LogP contribution < -0.4 is 15.0 Å². The van der Waals surface area contributed by atoms with E-state index in [0.29, 0.717) is 5.56 Å². The van der Waals surface area contributed by atoms with E-state index >= 15 is 0 Å². The van der Waals surface area contributed by atoms with Crippen LogP contribution in [0.15, 0.2) is 54.2 Å². The van der Waals surface area contributed by atoms with Gasteiger partial charge in [-0.25, -0.2) is 0 Å². The quantitative estimate of drug-likeness (QED) is 0.358. The fourth-order valence-corrected chi connectivity index (χ4v) is 2.76. The van der Waals surface area contributed by atoms with Crippen molar-refractivity contribution >= 4 is 40.7 Å². The Balaban J connectivity index is 1.84. The smallest absolute Gasteiger partial charge is 0.406 e. The van der Waals surface area contributed by atoms with E-state index in [-0.39, 0.29) is 22.2 Å². The Hall–Kier alpha value is -3.47. The molecule has 0 spiro atoms. The maximum Gasteiger partial charge on any atom is 0.573 e. The first-order valence-electron chi connectivity index (χ1n) is 7.61. The summed E-state index contributed by atoms with van der Waals surface area (Å²) in [5.74, 6) is -0.991. The predicted octanol–water partition coefficient (Wildman–Crippen LogP) is 3.76. The van der Waals surface area contributed by atoms with Crippen LogP contribution in [-0.4, -0.2) is 22.3 Å². The summed E-state index contributed by atoms with van der Waals surface area (Å²) in [7, 11) is 0. The lowest BCUT2D eigenvalue weighted by Gasteiger charge is -2.15. The van der Waals surface area contributed by atoms with Gasteiger partial charge in [0, 0.05) is 12.1 Å². The number of hydrogen-bond acceptors (Lipinski definition) is 5. The number of ether oxygens (including phenoxy) is 1. The lowest BCUT2D eigenvalue weighted by atomic mass is 10.1. The molecule has 144 valence electrons. The first-order valence-corrected chi connectivity index (χ1v) is 8.02. The van der Waals surface area contributed by atoms with Gasteiger partial charge in [-0.2, -0.15) is 0 Å². The van der Waals surface area contributed by atoms with E-state index in [1.165, 1.54) is 36.4 Å². The number of carbonyl (C=O) groups excluding carboxylic acids is 1. The van der Waals surface area contributed by atoms with Crippen LogP contribution in [-0.2, 0) is 4.79 Å². The van der Waals surface area contributed by atoms with E-state index in [1.54, 1.807) is 6.07 Å². The highest BCUT2D eigenvalue weighted by molar-refractivity contribution is 7.80. The zero-order valence-electron chi connectivity index (χ0n) is 13.8. The summed E-state index contributed by atoms with van der Waals surface area (Å²) >= 11 is 5.11. The minimum atomic E-state index is -4.82. The molecule has 3 rings (SSSR count). The molecule has 11 heteroatoms. The third kappa shape index (κ3) is 4.26. The molecule has 28 heavy (non-hydrogen) atoms.